The van der Waals surface area contributed by atoms with Gasteiger partial charge in [0, 0.05) is 19.5 Å². The van der Waals surface area contributed by atoms with E-state index in [2.05, 4.69) is 29.5 Å². The highest BCUT2D eigenvalue weighted by molar-refractivity contribution is 5.79. The molecule has 0 saturated carbocycles. The van der Waals surface area contributed by atoms with E-state index in [0.29, 0.717) is 13.2 Å². The van der Waals surface area contributed by atoms with Crippen LogP contribution in [0.2, 0.25) is 0 Å². The summed E-state index contributed by atoms with van der Waals surface area (Å²) in [6.45, 7) is 7.86. The van der Waals surface area contributed by atoms with Crippen LogP contribution in [0.5, 0.6) is 11.5 Å². The Kier molecular flexibility index (Phi) is 5.53. The fourth-order valence-corrected chi connectivity index (χ4v) is 1.99. The third-order valence-electron chi connectivity index (χ3n) is 2.92. The molecule has 0 saturated heterocycles. The maximum Gasteiger partial charge on any atom is 0.191 e. The highest BCUT2D eigenvalue weighted by Crippen LogP contribution is 2.30. The summed E-state index contributed by atoms with van der Waals surface area (Å²) in [6.07, 6.45) is 0.924. The van der Waals surface area contributed by atoms with Crippen molar-refractivity contribution < 1.29 is 9.47 Å². The Labute approximate surface area is 120 Å². The fourth-order valence-electron chi connectivity index (χ4n) is 1.99. The third-order valence-corrected chi connectivity index (χ3v) is 2.92. The Morgan fingerprint density at radius 3 is 2.50 bits per heavy atom. The van der Waals surface area contributed by atoms with Crippen molar-refractivity contribution >= 4 is 5.96 Å². The maximum absolute atomic E-state index is 5.69. The van der Waals surface area contributed by atoms with Gasteiger partial charge in [-0.25, -0.2) is 4.99 Å². The van der Waals surface area contributed by atoms with Crippen molar-refractivity contribution in [1.29, 1.82) is 0 Å². The molecule has 0 bridgehead atoms. The van der Waals surface area contributed by atoms with Gasteiger partial charge in [-0.3, -0.25) is 0 Å². The standard InChI is InChI=1S/C15H23N3O2/c1-3-16-15(17-4-2)18-11-12-6-7-13-14(10-12)20-9-5-8-19-13/h6-7,10H,3-5,8-9,11H2,1-2H3,(H2,16,17,18). The number of guanidine groups is 1. The lowest BCUT2D eigenvalue weighted by molar-refractivity contribution is 0.297. The van der Waals surface area contributed by atoms with Gasteiger partial charge in [-0.15, -0.1) is 0 Å². The number of aliphatic imine (C=N–C) groups is 1. The number of ether oxygens (including phenoxy) is 2. The molecular weight excluding hydrogens is 254 g/mol. The van der Waals surface area contributed by atoms with E-state index in [4.69, 9.17) is 9.47 Å². The van der Waals surface area contributed by atoms with Crippen molar-refractivity contribution in [2.75, 3.05) is 26.3 Å². The van der Waals surface area contributed by atoms with Crippen molar-refractivity contribution in [3.8, 4) is 11.5 Å². The van der Waals surface area contributed by atoms with Gasteiger partial charge >= 0.3 is 0 Å². The van der Waals surface area contributed by atoms with Gasteiger partial charge in [0.25, 0.3) is 0 Å². The Balaban J connectivity index is 2.05. The molecule has 0 radical (unpaired) electrons. The monoisotopic (exact) mass is 277 g/mol. The first-order valence-corrected chi connectivity index (χ1v) is 7.24. The van der Waals surface area contributed by atoms with Crippen molar-refractivity contribution in [3.05, 3.63) is 23.8 Å². The topological polar surface area (TPSA) is 54.9 Å². The molecule has 0 spiro atoms. The normalized spacial score (nSPS) is 13.3. The molecule has 0 atom stereocenters. The molecule has 0 fully saturated rings. The van der Waals surface area contributed by atoms with Gasteiger partial charge in [0.2, 0.25) is 0 Å². The van der Waals surface area contributed by atoms with Gasteiger partial charge in [-0.05, 0) is 31.5 Å². The number of benzene rings is 1. The summed E-state index contributed by atoms with van der Waals surface area (Å²) in [5.41, 5.74) is 1.11. The highest BCUT2D eigenvalue weighted by atomic mass is 16.5. The first-order chi connectivity index (χ1) is 9.83. The average molecular weight is 277 g/mol. The zero-order valence-electron chi connectivity index (χ0n) is 12.2. The Hall–Kier alpha value is -1.91. The van der Waals surface area contributed by atoms with E-state index in [1.807, 2.05) is 18.2 Å². The molecular formula is C15H23N3O2. The smallest absolute Gasteiger partial charge is 0.191 e. The lowest BCUT2D eigenvalue weighted by Gasteiger charge is -2.10. The second-order valence-corrected chi connectivity index (χ2v) is 4.56. The maximum atomic E-state index is 5.69. The van der Waals surface area contributed by atoms with E-state index in [-0.39, 0.29) is 0 Å². The predicted octanol–water partition coefficient (Wildman–Crippen LogP) is 1.92. The van der Waals surface area contributed by atoms with Crippen molar-refractivity contribution in [2.24, 2.45) is 4.99 Å². The van der Waals surface area contributed by atoms with Crippen LogP contribution in [0.25, 0.3) is 0 Å². The summed E-state index contributed by atoms with van der Waals surface area (Å²) in [4.78, 5) is 4.54. The molecule has 1 aliphatic rings. The van der Waals surface area contributed by atoms with Crippen LogP contribution >= 0.6 is 0 Å². The van der Waals surface area contributed by atoms with E-state index in [0.717, 1.165) is 49.1 Å². The molecule has 20 heavy (non-hydrogen) atoms. The molecule has 0 amide bonds. The minimum absolute atomic E-state index is 0.617. The largest absolute Gasteiger partial charge is 0.490 e. The molecule has 2 N–H and O–H groups in total. The molecule has 2 rings (SSSR count). The van der Waals surface area contributed by atoms with E-state index < -0.39 is 0 Å². The van der Waals surface area contributed by atoms with Crippen LogP contribution in [0.4, 0.5) is 0 Å². The highest BCUT2D eigenvalue weighted by Gasteiger charge is 2.10. The van der Waals surface area contributed by atoms with Crippen LogP contribution in [0.3, 0.4) is 0 Å². The molecule has 0 aromatic heterocycles. The minimum Gasteiger partial charge on any atom is -0.490 e. The molecule has 1 aromatic rings. The summed E-state index contributed by atoms with van der Waals surface area (Å²) in [5.74, 6) is 2.49. The van der Waals surface area contributed by atoms with Crippen LogP contribution in [-0.2, 0) is 6.54 Å². The number of hydrogen-bond donors (Lipinski definition) is 2. The Bertz CT molecular complexity index is 452. The average Bonchev–Trinajstić information content (AvgIpc) is 2.70. The van der Waals surface area contributed by atoms with Crippen molar-refractivity contribution in [3.63, 3.8) is 0 Å². The van der Waals surface area contributed by atoms with Gasteiger partial charge < -0.3 is 20.1 Å². The third kappa shape index (κ3) is 4.05. The summed E-state index contributed by atoms with van der Waals surface area (Å²) in [7, 11) is 0. The second kappa shape index (κ2) is 7.62. The van der Waals surface area contributed by atoms with Gasteiger partial charge in [0.15, 0.2) is 17.5 Å². The van der Waals surface area contributed by atoms with E-state index in [1.165, 1.54) is 0 Å². The second-order valence-electron chi connectivity index (χ2n) is 4.56. The zero-order valence-corrected chi connectivity index (χ0v) is 12.2. The summed E-state index contributed by atoms with van der Waals surface area (Å²) < 4.78 is 11.3. The van der Waals surface area contributed by atoms with Crippen LogP contribution < -0.4 is 20.1 Å². The van der Waals surface area contributed by atoms with Crippen molar-refractivity contribution in [2.45, 2.75) is 26.8 Å². The van der Waals surface area contributed by atoms with Crippen LogP contribution in [0.15, 0.2) is 23.2 Å². The van der Waals surface area contributed by atoms with Gasteiger partial charge in [-0.1, -0.05) is 6.07 Å². The van der Waals surface area contributed by atoms with Gasteiger partial charge in [0.1, 0.15) is 0 Å². The summed E-state index contributed by atoms with van der Waals surface area (Å²) in [5, 5.41) is 6.42. The number of nitrogens with zero attached hydrogens (tertiary/aromatic N) is 1. The van der Waals surface area contributed by atoms with Gasteiger partial charge in [0.05, 0.1) is 19.8 Å². The van der Waals surface area contributed by atoms with E-state index >= 15 is 0 Å². The first-order valence-electron chi connectivity index (χ1n) is 7.24. The fraction of sp³-hybridized carbons (Fsp3) is 0.533. The first kappa shape index (κ1) is 14.5. The van der Waals surface area contributed by atoms with Gasteiger partial charge in [-0.2, -0.15) is 0 Å². The van der Waals surface area contributed by atoms with E-state index in [1.54, 1.807) is 0 Å². The van der Waals surface area contributed by atoms with Crippen LogP contribution in [0.1, 0.15) is 25.8 Å². The Morgan fingerprint density at radius 1 is 1.10 bits per heavy atom. The minimum atomic E-state index is 0.617. The van der Waals surface area contributed by atoms with Crippen LogP contribution in [-0.4, -0.2) is 32.3 Å². The number of fused-ring (bicyclic) bond motifs is 1. The van der Waals surface area contributed by atoms with Crippen molar-refractivity contribution in [1.82, 2.24) is 10.6 Å². The lowest BCUT2D eigenvalue weighted by atomic mass is 10.2. The van der Waals surface area contributed by atoms with Crippen LogP contribution in [0, 0.1) is 0 Å². The molecule has 1 aromatic carbocycles. The molecule has 5 heteroatoms. The summed E-state index contributed by atoms with van der Waals surface area (Å²) >= 11 is 0. The van der Waals surface area contributed by atoms with E-state index in [9.17, 15) is 0 Å². The molecule has 0 unspecified atom stereocenters. The Morgan fingerprint density at radius 2 is 1.80 bits per heavy atom. The molecule has 1 aliphatic heterocycles. The number of hydrogen-bond acceptors (Lipinski definition) is 3. The number of nitrogens with one attached hydrogen (secondary N) is 2. The lowest BCUT2D eigenvalue weighted by Crippen LogP contribution is -2.36. The molecule has 0 aliphatic carbocycles. The predicted molar refractivity (Wildman–Crippen MR) is 80.5 cm³/mol. The SMILES string of the molecule is CCNC(=NCc1ccc2c(c1)OCCCO2)NCC. The summed E-state index contributed by atoms with van der Waals surface area (Å²) in [6, 6.07) is 6.01. The zero-order chi connectivity index (χ0) is 14.2. The number of rotatable bonds is 4. The molecule has 5 nitrogen and oxygen atoms in total. The molecule has 110 valence electrons. The quantitative estimate of drug-likeness (QED) is 0.652. The molecule has 1 heterocycles.